The van der Waals surface area contributed by atoms with Crippen molar-refractivity contribution in [1.29, 1.82) is 0 Å². The van der Waals surface area contributed by atoms with E-state index in [0.717, 1.165) is 25.7 Å². The molecule has 40 heavy (non-hydrogen) atoms. The molecule has 0 rings (SSSR count). The van der Waals surface area contributed by atoms with Crippen LogP contribution < -0.4 is 0 Å². The summed E-state index contributed by atoms with van der Waals surface area (Å²) in [5, 5.41) is 11.2. The number of aliphatic hydroxyl groups is 1. The van der Waals surface area contributed by atoms with Crippen molar-refractivity contribution in [3.63, 3.8) is 0 Å². The lowest BCUT2D eigenvalue weighted by molar-refractivity contribution is -0.187. The second-order valence-electron chi connectivity index (χ2n) is 13.1. The monoisotopic (exact) mass is 638 g/mol. The standard InChI is InChI=1S/C28H59O8PSi3/c1-14-17-21-32-37(30,33-22-18-15-2)23-19-24(4)25(34-38(5,6)7)26(35-39(8,9)10)27(36-40(11,12)13)28(29)31-20-16-3/h3,19,23-29H,14-15,17-18,20-22H2,1-2,4-13H3/b23-19+/t24?,25-,26?,27?,28-/m1/s1. The van der Waals surface area contributed by atoms with Gasteiger partial charge in [0.15, 0.2) is 31.2 Å². The second kappa shape index (κ2) is 18.5. The SMILES string of the molecule is C#CCO[C@@H](O)C(O[Si](C)(C)C)C(O[Si](C)(C)C)[C@H](O[Si](C)(C)C)C(C)/C=C/P(=O)(OCCCC)OCCCC. The highest BCUT2D eigenvalue weighted by Gasteiger charge is 2.44. The largest absolute Gasteiger partial charge is 0.411 e. The summed E-state index contributed by atoms with van der Waals surface area (Å²) in [5.74, 6) is 3.70. The van der Waals surface area contributed by atoms with Crippen LogP contribution in [0.2, 0.25) is 58.9 Å². The highest BCUT2D eigenvalue weighted by Crippen LogP contribution is 2.50. The normalized spacial score (nSPS) is 17.4. The van der Waals surface area contributed by atoms with E-state index in [9.17, 15) is 9.67 Å². The lowest BCUT2D eigenvalue weighted by atomic mass is 9.96. The molecule has 0 spiro atoms. The maximum Gasteiger partial charge on any atom is 0.353 e. The number of ether oxygens (including phenoxy) is 1. The highest BCUT2D eigenvalue weighted by molar-refractivity contribution is 7.57. The molecule has 0 aromatic rings. The maximum absolute atomic E-state index is 13.6. The summed E-state index contributed by atoms with van der Waals surface area (Å²) in [6, 6.07) is 0. The van der Waals surface area contributed by atoms with Crippen molar-refractivity contribution in [2.75, 3.05) is 19.8 Å². The van der Waals surface area contributed by atoms with Crippen LogP contribution in [0, 0.1) is 18.3 Å². The van der Waals surface area contributed by atoms with Crippen molar-refractivity contribution in [2.45, 2.75) is 130 Å². The Hall–Kier alpha value is -0.0994. The number of terminal acetylenes is 1. The highest BCUT2D eigenvalue weighted by atomic mass is 31.2. The average Bonchev–Trinajstić information content (AvgIpc) is 2.80. The molecule has 0 heterocycles. The molecule has 0 saturated carbocycles. The first kappa shape index (κ1) is 39.9. The minimum atomic E-state index is -3.46. The van der Waals surface area contributed by atoms with Gasteiger partial charge in [-0.1, -0.05) is 45.6 Å². The van der Waals surface area contributed by atoms with Crippen LogP contribution in [0.4, 0.5) is 0 Å². The summed E-state index contributed by atoms with van der Waals surface area (Å²) < 4.78 is 50.8. The molecular weight excluding hydrogens is 580 g/mol. The van der Waals surface area contributed by atoms with Crippen LogP contribution in [0.5, 0.6) is 0 Å². The van der Waals surface area contributed by atoms with Crippen LogP contribution in [0.15, 0.2) is 11.9 Å². The molecule has 5 atom stereocenters. The Bertz CT molecular complexity index is 800. The van der Waals surface area contributed by atoms with E-state index in [4.69, 9.17) is 33.5 Å². The van der Waals surface area contributed by atoms with Crippen LogP contribution in [0.25, 0.3) is 0 Å². The fourth-order valence-electron chi connectivity index (χ4n) is 3.68. The Morgan fingerprint density at radius 2 is 1.23 bits per heavy atom. The van der Waals surface area contributed by atoms with E-state index in [1.807, 2.05) is 13.0 Å². The van der Waals surface area contributed by atoms with E-state index < -0.39 is 57.1 Å². The van der Waals surface area contributed by atoms with Crippen molar-refractivity contribution in [2.24, 2.45) is 5.92 Å². The number of hydrogen-bond donors (Lipinski definition) is 1. The molecule has 0 fully saturated rings. The zero-order valence-corrected chi connectivity index (χ0v) is 31.2. The van der Waals surface area contributed by atoms with Crippen molar-refractivity contribution < 1.29 is 36.7 Å². The summed E-state index contributed by atoms with van der Waals surface area (Å²) in [6.07, 6.45) is 7.36. The molecule has 0 radical (unpaired) electrons. The smallest absolute Gasteiger partial charge is 0.353 e. The van der Waals surface area contributed by atoms with Crippen molar-refractivity contribution in [3.05, 3.63) is 11.9 Å². The van der Waals surface area contributed by atoms with Gasteiger partial charge in [-0.25, -0.2) is 0 Å². The van der Waals surface area contributed by atoms with E-state index in [1.165, 1.54) is 0 Å². The van der Waals surface area contributed by atoms with Crippen LogP contribution in [0.1, 0.15) is 46.5 Å². The van der Waals surface area contributed by atoms with E-state index in [-0.39, 0.29) is 12.5 Å². The predicted molar refractivity (Wildman–Crippen MR) is 173 cm³/mol. The lowest BCUT2D eigenvalue weighted by Gasteiger charge is -2.44. The van der Waals surface area contributed by atoms with Crippen molar-refractivity contribution >= 4 is 32.5 Å². The van der Waals surface area contributed by atoms with Gasteiger partial charge in [-0.15, -0.1) is 6.42 Å². The Balaban J connectivity index is 6.65. The van der Waals surface area contributed by atoms with E-state index in [1.54, 1.807) is 5.82 Å². The topological polar surface area (TPSA) is 92.7 Å². The molecule has 0 aromatic carbocycles. The molecule has 0 bridgehead atoms. The number of rotatable bonds is 22. The van der Waals surface area contributed by atoms with Gasteiger partial charge in [0.05, 0.1) is 19.3 Å². The third-order valence-corrected chi connectivity index (χ3v) is 9.92. The lowest BCUT2D eigenvalue weighted by Crippen LogP contribution is -2.58. The molecule has 3 unspecified atom stereocenters. The summed E-state index contributed by atoms with van der Waals surface area (Å²) >= 11 is 0. The van der Waals surface area contributed by atoms with Crippen LogP contribution in [-0.4, -0.2) is 74.5 Å². The Labute approximate surface area is 248 Å². The molecule has 0 aromatic heterocycles. The maximum atomic E-state index is 13.6. The van der Waals surface area contributed by atoms with Crippen molar-refractivity contribution in [1.82, 2.24) is 0 Å². The van der Waals surface area contributed by atoms with Gasteiger partial charge in [-0.05, 0) is 71.8 Å². The van der Waals surface area contributed by atoms with E-state index in [0.29, 0.717) is 13.2 Å². The molecule has 0 amide bonds. The molecule has 236 valence electrons. The van der Waals surface area contributed by atoms with Gasteiger partial charge < -0.3 is 32.2 Å². The van der Waals surface area contributed by atoms with Crippen LogP contribution in [0.3, 0.4) is 0 Å². The first-order chi connectivity index (χ1) is 18.3. The first-order valence-corrected chi connectivity index (χ1v) is 26.5. The minimum absolute atomic E-state index is 0.0607. The zero-order chi connectivity index (χ0) is 31.2. The molecule has 12 heteroatoms. The van der Waals surface area contributed by atoms with Crippen molar-refractivity contribution in [3.8, 4) is 12.3 Å². The number of hydrogen-bond acceptors (Lipinski definition) is 8. The summed E-state index contributed by atoms with van der Waals surface area (Å²) in [5.41, 5.74) is 0. The molecule has 0 saturated heterocycles. The third kappa shape index (κ3) is 18.4. The average molecular weight is 639 g/mol. The van der Waals surface area contributed by atoms with Gasteiger partial charge in [0.2, 0.25) is 0 Å². The minimum Gasteiger partial charge on any atom is -0.411 e. The van der Waals surface area contributed by atoms with Gasteiger partial charge in [0.25, 0.3) is 0 Å². The third-order valence-electron chi connectivity index (χ3n) is 5.36. The summed E-state index contributed by atoms with van der Waals surface area (Å²) in [4.78, 5) is 0. The van der Waals surface area contributed by atoms with Gasteiger partial charge in [-0.3, -0.25) is 4.57 Å². The van der Waals surface area contributed by atoms with Gasteiger partial charge in [0.1, 0.15) is 18.8 Å². The molecule has 0 aliphatic carbocycles. The first-order valence-electron chi connectivity index (χ1n) is 14.6. The quantitative estimate of drug-likeness (QED) is 0.0426. The van der Waals surface area contributed by atoms with Gasteiger partial charge in [0, 0.05) is 11.7 Å². The Morgan fingerprint density at radius 1 is 0.800 bits per heavy atom. The molecule has 0 aliphatic rings. The van der Waals surface area contributed by atoms with E-state index in [2.05, 4.69) is 78.7 Å². The van der Waals surface area contributed by atoms with E-state index >= 15 is 0 Å². The zero-order valence-electron chi connectivity index (χ0n) is 27.3. The number of unbranched alkanes of at least 4 members (excludes halogenated alkanes) is 2. The van der Waals surface area contributed by atoms with Gasteiger partial charge >= 0.3 is 7.60 Å². The Morgan fingerprint density at radius 3 is 1.62 bits per heavy atom. The summed E-state index contributed by atoms with van der Waals surface area (Å²) in [7, 11) is -9.98. The Kier molecular flexibility index (Phi) is 18.5. The molecule has 0 aliphatic heterocycles. The number of aliphatic hydroxyl groups excluding tert-OH is 1. The predicted octanol–water partition coefficient (Wildman–Crippen LogP) is 7.59. The molecular formula is C28H59O8PSi3. The fourth-order valence-corrected chi connectivity index (χ4v) is 8.49. The fraction of sp³-hybridized carbons (Fsp3) is 0.857. The molecule has 8 nitrogen and oxygen atoms in total. The summed E-state index contributed by atoms with van der Waals surface area (Å²) in [6.45, 7) is 25.5. The molecule has 1 N–H and O–H groups in total. The van der Waals surface area contributed by atoms with Gasteiger partial charge in [-0.2, -0.15) is 0 Å². The van der Waals surface area contributed by atoms with Crippen LogP contribution in [-0.2, 0) is 31.6 Å². The second-order valence-corrected chi connectivity index (χ2v) is 28.4. The van der Waals surface area contributed by atoms with Crippen LogP contribution >= 0.6 is 7.60 Å².